The molecule has 0 saturated carbocycles. The van der Waals surface area contributed by atoms with E-state index in [0.717, 1.165) is 18.6 Å². The molecule has 5 aliphatic rings. The Kier molecular flexibility index (Phi) is 4.26. The number of alkyl halides is 1. The topological polar surface area (TPSA) is 9.23 Å². The maximum Gasteiger partial charge on any atom is 0.128 e. The third-order valence-corrected chi connectivity index (χ3v) is 8.29. The van der Waals surface area contributed by atoms with E-state index in [1.807, 2.05) is 0 Å². The third-order valence-electron chi connectivity index (χ3n) is 7.98. The second kappa shape index (κ2) is 7.23. The lowest BCUT2D eigenvalue weighted by Crippen LogP contribution is -2.37. The molecule has 2 heteroatoms. The fourth-order valence-electron chi connectivity index (χ4n) is 6.78. The van der Waals surface area contributed by atoms with Crippen molar-refractivity contribution in [2.75, 3.05) is 0 Å². The summed E-state index contributed by atoms with van der Waals surface area (Å²) in [5, 5.41) is 0.0198. The molecule has 5 unspecified atom stereocenters. The molecular formula is C31H25ClO. The van der Waals surface area contributed by atoms with Crippen molar-refractivity contribution in [3.8, 4) is 0 Å². The standard InChI is InChI=1S/C31H25ClO/c32-21-17-18-28-24(19-21)30-27(15-8-16-29(30)33-28)31(20-9-2-1-3-10-20)25-13-6-4-11-22(25)23-12-5-7-14-26(23)31/h1-11,13-16,18-19,21,23,29-30H,12,17H2. The van der Waals surface area contributed by atoms with Crippen LogP contribution in [0.1, 0.15) is 35.4 Å². The van der Waals surface area contributed by atoms with Crippen LogP contribution in [0, 0.1) is 5.92 Å². The molecule has 0 spiro atoms. The summed E-state index contributed by atoms with van der Waals surface area (Å²) in [6, 6.07) is 20.1. The summed E-state index contributed by atoms with van der Waals surface area (Å²) in [6.45, 7) is 0. The largest absolute Gasteiger partial charge is 0.485 e. The van der Waals surface area contributed by atoms with Gasteiger partial charge in [0.15, 0.2) is 0 Å². The Morgan fingerprint density at radius 3 is 2.61 bits per heavy atom. The smallest absolute Gasteiger partial charge is 0.128 e. The lowest BCUT2D eigenvalue weighted by molar-refractivity contribution is 0.177. The molecule has 162 valence electrons. The highest BCUT2D eigenvalue weighted by molar-refractivity contribution is 6.22. The molecule has 1 fully saturated rings. The summed E-state index contributed by atoms with van der Waals surface area (Å²) < 4.78 is 6.49. The lowest BCUT2D eigenvalue weighted by atomic mass is 9.60. The maximum absolute atomic E-state index is 6.63. The van der Waals surface area contributed by atoms with Gasteiger partial charge in [-0.1, -0.05) is 91.1 Å². The molecule has 2 aromatic carbocycles. The maximum atomic E-state index is 6.63. The van der Waals surface area contributed by atoms with E-state index in [1.165, 1.54) is 33.4 Å². The van der Waals surface area contributed by atoms with E-state index in [4.69, 9.17) is 16.3 Å². The van der Waals surface area contributed by atoms with Crippen molar-refractivity contribution >= 4 is 11.6 Å². The van der Waals surface area contributed by atoms with Gasteiger partial charge in [0.05, 0.1) is 16.7 Å². The predicted octanol–water partition coefficient (Wildman–Crippen LogP) is 7.29. The monoisotopic (exact) mass is 448 g/mol. The SMILES string of the molecule is ClC1C=C2C(=CC1)OC1C=CC=C(C3(c4ccccc4)C4=CC=CCC4c4ccccc43)C21. The normalized spacial score (nSPS) is 33.0. The fraction of sp³-hybridized carbons (Fsp3) is 0.226. The Morgan fingerprint density at radius 2 is 1.70 bits per heavy atom. The summed E-state index contributed by atoms with van der Waals surface area (Å²) >= 11 is 6.63. The highest BCUT2D eigenvalue weighted by Gasteiger charge is 2.56. The molecule has 1 heterocycles. The summed E-state index contributed by atoms with van der Waals surface area (Å²) in [5.74, 6) is 1.57. The van der Waals surface area contributed by atoms with Crippen LogP contribution in [0.2, 0.25) is 0 Å². The highest BCUT2D eigenvalue weighted by atomic mass is 35.5. The molecule has 0 aromatic heterocycles. The van der Waals surface area contributed by atoms with Gasteiger partial charge in [0.25, 0.3) is 0 Å². The van der Waals surface area contributed by atoms with Crippen LogP contribution in [0.3, 0.4) is 0 Å². The van der Waals surface area contributed by atoms with Crippen molar-refractivity contribution in [3.05, 3.63) is 142 Å². The van der Waals surface area contributed by atoms with Gasteiger partial charge < -0.3 is 4.74 Å². The summed E-state index contributed by atoms with van der Waals surface area (Å²) in [7, 11) is 0. The number of hydrogen-bond donors (Lipinski definition) is 0. The van der Waals surface area contributed by atoms with Crippen LogP contribution in [0.25, 0.3) is 0 Å². The van der Waals surface area contributed by atoms with Gasteiger partial charge in [-0.25, -0.2) is 0 Å². The molecule has 1 saturated heterocycles. The number of fused-ring (bicyclic) bond motifs is 6. The van der Waals surface area contributed by atoms with Crippen molar-refractivity contribution in [2.24, 2.45) is 5.92 Å². The van der Waals surface area contributed by atoms with Crippen LogP contribution in [-0.4, -0.2) is 11.5 Å². The van der Waals surface area contributed by atoms with E-state index >= 15 is 0 Å². The number of allylic oxidation sites excluding steroid dienone is 9. The Bertz CT molecular complexity index is 1320. The van der Waals surface area contributed by atoms with Gasteiger partial charge in [-0.2, -0.15) is 0 Å². The van der Waals surface area contributed by atoms with Crippen molar-refractivity contribution in [1.82, 2.24) is 0 Å². The Balaban J connectivity index is 1.55. The predicted molar refractivity (Wildman–Crippen MR) is 134 cm³/mol. The Morgan fingerprint density at radius 1 is 0.879 bits per heavy atom. The minimum atomic E-state index is -0.320. The molecule has 1 nitrogen and oxygen atoms in total. The summed E-state index contributed by atoms with van der Waals surface area (Å²) in [6.07, 6.45) is 20.0. The van der Waals surface area contributed by atoms with E-state index in [9.17, 15) is 0 Å². The van der Waals surface area contributed by atoms with Crippen LogP contribution < -0.4 is 0 Å². The number of hydrogen-bond acceptors (Lipinski definition) is 1. The molecule has 2 aromatic rings. The minimum absolute atomic E-state index is 0.0102. The van der Waals surface area contributed by atoms with Gasteiger partial charge in [0.1, 0.15) is 11.9 Å². The Hall–Kier alpha value is -3.03. The second-order valence-electron chi connectivity index (χ2n) is 9.55. The Labute approximate surface area is 200 Å². The lowest BCUT2D eigenvalue weighted by Gasteiger charge is -2.41. The molecule has 33 heavy (non-hydrogen) atoms. The quantitative estimate of drug-likeness (QED) is 0.438. The number of halogens is 1. The van der Waals surface area contributed by atoms with Crippen LogP contribution >= 0.6 is 11.6 Å². The van der Waals surface area contributed by atoms with Gasteiger partial charge in [0.2, 0.25) is 0 Å². The van der Waals surface area contributed by atoms with Crippen molar-refractivity contribution in [2.45, 2.75) is 35.7 Å². The molecule has 4 aliphatic carbocycles. The van der Waals surface area contributed by atoms with E-state index in [1.54, 1.807) is 0 Å². The summed E-state index contributed by atoms with van der Waals surface area (Å²) in [5.41, 5.74) is 8.01. The average Bonchev–Trinajstić information content (AvgIpc) is 3.38. The first kappa shape index (κ1) is 19.4. The van der Waals surface area contributed by atoms with Crippen LogP contribution in [-0.2, 0) is 10.2 Å². The van der Waals surface area contributed by atoms with Crippen LogP contribution in [0.4, 0.5) is 0 Å². The number of benzene rings is 2. The zero-order chi connectivity index (χ0) is 22.0. The second-order valence-corrected chi connectivity index (χ2v) is 10.1. The van der Waals surface area contributed by atoms with Crippen molar-refractivity contribution < 1.29 is 4.74 Å². The first-order valence-electron chi connectivity index (χ1n) is 11.9. The first-order chi connectivity index (χ1) is 16.3. The van der Waals surface area contributed by atoms with Gasteiger partial charge in [-0.3, -0.25) is 0 Å². The molecule has 0 amide bonds. The molecular weight excluding hydrogens is 424 g/mol. The van der Waals surface area contributed by atoms with Gasteiger partial charge in [-0.15, -0.1) is 11.6 Å². The first-order valence-corrected chi connectivity index (χ1v) is 12.4. The summed E-state index contributed by atoms with van der Waals surface area (Å²) in [4.78, 5) is 0. The molecule has 7 rings (SSSR count). The van der Waals surface area contributed by atoms with Crippen molar-refractivity contribution in [3.63, 3.8) is 0 Å². The van der Waals surface area contributed by atoms with Crippen molar-refractivity contribution in [1.29, 1.82) is 0 Å². The van der Waals surface area contributed by atoms with E-state index in [-0.39, 0.29) is 22.8 Å². The van der Waals surface area contributed by atoms with Crippen LogP contribution in [0.15, 0.2) is 126 Å². The number of rotatable bonds is 2. The van der Waals surface area contributed by atoms with E-state index < -0.39 is 0 Å². The molecule has 0 radical (unpaired) electrons. The van der Waals surface area contributed by atoms with Crippen LogP contribution in [0.5, 0.6) is 0 Å². The molecule has 1 aliphatic heterocycles. The zero-order valence-electron chi connectivity index (χ0n) is 18.3. The van der Waals surface area contributed by atoms with Gasteiger partial charge >= 0.3 is 0 Å². The third kappa shape index (κ3) is 2.60. The van der Waals surface area contributed by atoms with E-state index in [0.29, 0.717) is 5.92 Å². The van der Waals surface area contributed by atoms with Gasteiger partial charge in [0, 0.05) is 11.5 Å². The molecule has 0 bridgehead atoms. The van der Waals surface area contributed by atoms with Gasteiger partial charge in [-0.05, 0) is 52.8 Å². The zero-order valence-corrected chi connectivity index (χ0v) is 19.1. The van der Waals surface area contributed by atoms with E-state index in [2.05, 4.69) is 103 Å². The number of ether oxygens (including phenoxy) is 1. The fourth-order valence-corrected chi connectivity index (χ4v) is 7.00. The highest BCUT2D eigenvalue weighted by Crippen LogP contribution is 2.63. The average molecular weight is 449 g/mol. The minimum Gasteiger partial charge on any atom is -0.485 e. The molecule has 5 atom stereocenters. The molecule has 0 N–H and O–H groups in total.